The van der Waals surface area contributed by atoms with E-state index in [1.165, 1.54) is 0 Å². The molecule has 0 rings (SSSR count). The average Bonchev–Trinajstić information content (AvgIpc) is 1.87. The molecule has 0 saturated heterocycles. The Morgan fingerprint density at radius 1 is 1.70 bits per heavy atom. The minimum absolute atomic E-state index is 0.492. The van der Waals surface area contributed by atoms with E-state index in [1.54, 1.807) is 6.92 Å². The molecule has 0 radical (unpaired) electrons. The van der Waals surface area contributed by atoms with E-state index < -0.39 is 16.9 Å². The summed E-state index contributed by atoms with van der Waals surface area (Å²) >= 11 is 10.8. The van der Waals surface area contributed by atoms with E-state index in [2.05, 4.69) is 11.3 Å². The highest BCUT2D eigenvalue weighted by atomic mass is 35.5. The SMILES string of the molecule is C=CC(=O)OC(C)C(Cl)Cl. The van der Waals surface area contributed by atoms with Gasteiger partial charge in [-0.25, -0.2) is 4.79 Å². The maximum absolute atomic E-state index is 10.5. The van der Waals surface area contributed by atoms with Crippen molar-refractivity contribution < 1.29 is 9.53 Å². The minimum Gasteiger partial charge on any atom is -0.457 e. The molecule has 0 amide bonds. The fraction of sp³-hybridized carbons (Fsp3) is 0.500. The van der Waals surface area contributed by atoms with Crippen molar-refractivity contribution in [2.75, 3.05) is 0 Å². The summed E-state index contributed by atoms with van der Waals surface area (Å²) in [5.74, 6) is -0.515. The van der Waals surface area contributed by atoms with Gasteiger partial charge in [-0.05, 0) is 6.92 Å². The molecule has 0 saturated carbocycles. The second-order valence-electron chi connectivity index (χ2n) is 1.68. The van der Waals surface area contributed by atoms with Crippen LogP contribution in [0.5, 0.6) is 0 Å². The summed E-state index contributed by atoms with van der Waals surface area (Å²) in [5.41, 5.74) is 0. The van der Waals surface area contributed by atoms with Gasteiger partial charge in [-0.2, -0.15) is 0 Å². The van der Waals surface area contributed by atoms with E-state index in [0.29, 0.717) is 0 Å². The Bertz CT molecular complexity index is 134. The Labute approximate surface area is 69.8 Å². The quantitative estimate of drug-likeness (QED) is 0.379. The summed E-state index contributed by atoms with van der Waals surface area (Å²) in [5, 5.41) is 0. The summed E-state index contributed by atoms with van der Waals surface area (Å²) in [6.45, 7) is 4.82. The maximum Gasteiger partial charge on any atom is 0.330 e. The van der Waals surface area contributed by atoms with Crippen molar-refractivity contribution in [3.8, 4) is 0 Å². The largest absolute Gasteiger partial charge is 0.457 e. The van der Waals surface area contributed by atoms with Crippen LogP contribution in [0.3, 0.4) is 0 Å². The van der Waals surface area contributed by atoms with Crippen molar-refractivity contribution in [2.45, 2.75) is 17.9 Å². The van der Waals surface area contributed by atoms with Gasteiger partial charge in [-0.15, -0.1) is 23.2 Å². The number of rotatable bonds is 3. The minimum atomic E-state index is -0.691. The summed E-state index contributed by atoms with van der Waals surface area (Å²) in [7, 11) is 0. The second kappa shape index (κ2) is 4.58. The zero-order valence-electron chi connectivity index (χ0n) is 5.51. The van der Waals surface area contributed by atoms with Crippen LogP contribution in [0.4, 0.5) is 0 Å². The van der Waals surface area contributed by atoms with Crippen molar-refractivity contribution in [3.63, 3.8) is 0 Å². The topological polar surface area (TPSA) is 26.3 Å². The Kier molecular flexibility index (Phi) is 4.49. The number of hydrogen-bond acceptors (Lipinski definition) is 2. The number of hydrogen-bond donors (Lipinski definition) is 0. The normalized spacial score (nSPS) is 12.8. The van der Waals surface area contributed by atoms with Gasteiger partial charge in [0.15, 0.2) is 0 Å². The van der Waals surface area contributed by atoms with Crippen LogP contribution in [0.15, 0.2) is 12.7 Å². The van der Waals surface area contributed by atoms with Gasteiger partial charge < -0.3 is 4.74 Å². The third kappa shape index (κ3) is 3.75. The van der Waals surface area contributed by atoms with Crippen LogP contribution in [-0.4, -0.2) is 16.9 Å². The lowest BCUT2D eigenvalue weighted by molar-refractivity contribution is -0.141. The van der Waals surface area contributed by atoms with Gasteiger partial charge in [0, 0.05) is 6.08 Å². The van der Waals surface area contributed by atoms with E-state index in [9.17, 15) is 4.79 Å². The number of carbonyl (C=O) groups is 1. The molecule has 1 atom stereocenters. The van der Waals surface area contributed by atoms with E-state index >= 15 is 0 Å². The van der Waals surface area contributed by atoms with Gasteiger partial charge >= 0.3 is 5.97 Å². The Morgan fingerprint density at radius 2 is 2.20 bits per heavy atom. The predicted octanol–water partition coefficient (Wildman–Crippen LogP) is 1.91. The molecule has 0 aromatic heterocycles. The smallest absolute Gasteiger partial charge is 0.330 e. The molecular formula is C6H8Cl2O2. The molecule has 0 N–H and O–H groups in total. The zero-order valence-corrected chi connectivity index (χ0v) is 7.02. The molecule has 0 bridgehead atoms. The standard InChI is InChI=1S/C6H8Cl2O2/c1-3-5(9)10-4(2)6(7)8/h3-4,6H,1H2,2H3. The molecule has 0 fully saturated rings. The third-order valence-corrected chi connectivity index (χ3v) is 1.53. The zero-order chi connectivity index (χ0) is 8.15. The molecular weight excluding hydrogens is 175 g/mol. The predicted molar refractivity (Wildman–Crippen MR) is 41.2 cm³/mol. The molecule has 2 nitrogen and oxygen atoms in total. The van der Waals surface area contributed by atoms with Gasteiger partial charge in [0.2, 0.25) is 0 Å². The van der Waals surface area contributed by atoms with Gasteiger partial charge in [-0.3, -0.25) is 0 Å². The molecule has 0 aliphatic heterocycles. The lowest BCUT2D eigenvalue weighted by Crippen LogP contribution is -2.19. The molecule has 10 heavy (non-hydrogen) atoms. The molecule has 0 heterocycles. The highest BCUT2D eigenvalue weighted by Crippen LogP contribution is 2.10. The van der Waals surface area contributed by atoms with Crippen molar-refractivity contribution >= 4 is 29.2 Å². The second-order valence-corrected chi connectivity index (χ2v) is 2.84. The molecule has 0 aromatic carbocycles. The highest BCUT2D eigenvalue weighted by molar-refractivity contribution is 6.44. The number of ether oxygens (including phenoxy) is 1. The molecule has 0 aliphatic rings. The first kappa shape index (κ1) is 9.79. The lowest BCUT2D eigenvalue weighted by Gasteiger charge is -2.11. The van der Waals surface area contributed by atoms with Crippen molar-refractivity contribution in [1.82, 2.24) is 0 Å². The molecule has 0 spiro atoms. The lowest BCUT2D eigenvalue weighted by atomic mass is 10.4. The Hall–Kier alpha value is -0.210. The van der Waals surface area contributed by atoms with Crippen LogP contribution >= 0.6 is 23.2 Å². The van der Waals surface area contributed by atoms with E-state index in [1.807, 2.05) is 0 Å². The fourth-order valence-corrected chi connectivity index (χ4v) is 0.386. The molecule has 1 unspecified atom stereocenters. The van der Waals surface area contributed by atoms with Gasteiger partial charge in [0.1, 0.15) is 10.9 Å². The first-order valence-electron chi connectivity index (χ1n) is 2.69. The first-order valence-corrected chi connectivity index (χ1v) is 3.56. The number of halogens is 2. The molecule has 58 valence electrons. The van der Waals surface area contributed by atoms with E-state index in [0.717, 1.165) is 6.08 Å². The molecule has 4 heteroatoms. The molecule has 0 aromatic rings. The van der Waals surface area contributed by atoms with Crippen molar-refractivity contribution in [3.05, 3.63) is 12.7 Å². The van der Waals surface area contributed by atoms with Gasteiger partial charge in [0.05, 0.1) is 0 Å². The number of alkyl halides is 2. The van der Waals surface area contributed by atoms with Crippen LogP contribution in [0.2, 0.25) is 0 Å². The summed E-state index contributed by atoms with van der Waals surface area (Å²) in [6.07, 6.45) is 0.570. The first-order chi connectivity index (χ1) is 4.57. The van der Waals surface area contributed by atoms with Crippen LogP contribution in [-0.2, 0) is 9.53 Å². The van der Waals surface area contributed by atoms with Crippen LogP contribution in [0.1, 0.15) is 6.92 Å². The van der Waals surface area contributed by atoms with E-state index in [-0.39, 0.29) is 0 Å². The number of carbonyl (C=O) groups excluding carboxylic acids is 1. The van der Waals surface area contributed by atoms with Gasteiger partial charge in [0.25, 0.3) is 0 Å². The van der Waals surface area contributed by atoms with Crippen molar-refractivity contribution in [1.29, 1.82) is 0 Å². The molecule has 0 aliphatic carbocycles. The van der Waals surface area contributed by atoms with Crippen molar-refractivity contribution in [2.24, 2.45) is 0 Å². The van der Waals surface area contributed by atoms with Crippen LogP contribution in [0.25, 0.3) is 0 Å². The fourth-order valence-electron chi connectivity index (χ4n) is 0.283. The summed E-state index contributed by atoms with van der Waals surface area (Å²) < 4.78 is 4.64. The maximum atomic E-state index is 10.5. The summed E-state index contributed by atoms with van der Waals surface area (Å²) in [4.78, 5) is 9.78. The van der Waals surface area contributed by atoms with Gasteiger partial charge in [-0.1, -0.05) is 6.58 Å². The Morgan fingerprint density at radius 3 is 2.50 bits per heavy atom. The average molecular weight is 183 g/mol. The van der Waals surface area contributed by atoms with Crippen LogP contribution in [0, 0.1) is 0 Å². The number of esters is 1. The van der Waals surface area contributed by atoms with E-state index in [4.69, 9.17) is 23.2 Å². The Balaban J connectivity index is 3.67. The van der Waals surface area contributed by atoms with Crippen LogP contribution < -0.4 is 0 Å². The monoisotopic (exact) mass is 182 g/mol. The third-order valence-electron chi connectivity index (χ3n) is 0.824. The summed E-state index contributed by atoms with van der Waals surface area (Å²) in [6, 6.07) is 0. The highest BCUT2D eigenvalue weighted by Gasteiger charge is 2.13.